The van der Waals surface area contributed by atoms with Gasteiger partial charge in [-0.15, -0.1) is 44.7 Å². The molecule has 0 heterocycles. The van der Waals surface area contributed by atoms with Crippen LogP contribution in [-0.2, 0) is 248 Å². The van der Waals surface area contributed by atoms with Gasteiger partial charge in [0.25, 0.3) is 12.9 Å². The van der Waals surface area contributed by atoms with Crippen molar-refractivity contribution in [1.29, 1.82) is 2.25 Å². The predicted molar refractivity (Wildman–Crippen MR) is 372 cm³/mol. The molecule has 0 aliphatic rings. The molecule has 8 radical (unpaired) electrons. The fourth-order valence-corrected chi connectivity index (χ4v) is 9.78. The fraction of sp³-hybridized carbons (Fsp3) is 0.750. The largest absolute Gasteiger partial charge is 0.718 e. The molecule has 0 fully saturated rings. The molecule has 0 saturated carbocycles. The Hall–Kier alpha value is 5.78. The number of thiol groups is 2. The number of ether oxygens (including phenoxy) is 8. The molecule has 0 aliphatic heterocycles. The second-order valence-corrected chi connectivity index (χ2v) is 37.3. The van der Waals surface area contributed by atoms with Gasteiger partial charge < -0.3 is 92.4 Å². The van der Waals surface area contributed by atoms with E-state index in [0.29, 0.717) is 45.5 Å². The fourth-order valence-electron chi connectivity index (χ4n) is 2.66. The van der Waals surface area contributed by atoms with E-state index in [0.717, 1.165) is 23.1 Å². The van der Waals surface area contributed by atoms with Gasteiger partial charge in [0, 0.05) is 177 Å². The Balaban J connectivity index is -0.0000000538. The molecule has 520 valence electrons. The number of esters is 4. The van der Waals surface area contributed by atoms with Crippen molar-refractivity contribution in [2.45, 2.75) is 163 Å². The van der Waals surface area contributed by atoms with Crippen molar-refractivity contribution in [3.05, 3.63) is 26.4 Å². The van der Waals surface area contributed by atoms with E-state index in [-0.39, 0.29) is 220 Å². The van der Waals surface area contributed by atoms with Crippen LogP contribution in [0, 0.1) is 26.4 Å². The predicted octanol–water partition coefficient (Wildman–Crippen LogP) is 14.4. The third kappa shape index (κ3) is 125. The van der Waals surface area contributed by atoms with Gasteiger partial charge in [0.05, 0.1) is 41.7 Å². The van der Waals surface area contributed by atoms with Gasteiger partial charge in [-0.1, -0.05) is 77.7 Å². The Morgan fingerprint density at radius 2 is 0.727 bits per heavy atom. The topological polar surface area (TPSA) is 210 Å². The van der Waals surface area contributed by atoms with Crippen LogP contribution in [0.25, 0.3) is 0 Å². The number of carbonyl (C=O) groups excluding carboxylic acids is 8. The normalized spacial score (nSPS) is 11.3. The van der Waals surface area contributed by atoms with Crippen LogP contribution < -0.4 is 0 Å². The van der Waals surface area contributed by atoms with Crippen molar-refractivity contribution in [3.8, 4) is 0 Å². The van der Waals surface area contributed by atoms with Crippen LogP contribution in [0.5, 0.6) is 0 Å². The molecule has 0 amide bonds. The zero-order valence-corrected chi connectivity index (χ0v) is 76.2. The van der Waals surface area contributed by atoms with Gasteiger partial charge in [0.1, 0.15) is 41.9 Å². The summed E-state index contributed by atoms with van der Waals surface area (Å²) in [5.74, 6) is -1.99. The molecule has 0 spiro atoms. The molecule has 0 N–H and O–H groups in total. The molecule has 0 aromatic heterocycles. The van der Waals surface area contributed by atoms with Gasteiger partial charge in [-0.2, -0.15) is 0 Å². The molecule has 40 heteroatoms. The minimum atomic E-state index is -1.00. The summed E-state index contributed by atoms with van der Waals surface area (Å²) < 4.78 is 89.3. The number of hydrogen-bond donors (Lipinski definition) is 2. The van der Waals surface area contributed by atoms with E-state index in [2.05, 4.69) is 45.3 Å². The maximum atomic E-state index is 10.6. The summed E-state index contributed by atoms with van der Waals surface area (Å²) >= 11 is 11.3. The van der Waals surface area contributed by atoms with E-state index < -0.39 is 36.8 Å². The Kier molecular flexibility index (Phi) is 102. The van der Waals surface area contributed by atoms with Crippen molar-refractivity contribution in [3.63, 3.8) is 0 Å². The first-order valence-corrected chi connectivity index (χ1v) is 38.2. The molecule has 0 saturated heterocycles. The van der Waals surface area contributed by atoms with Crippen LogP contribution in [0.15, 0.2) is 0 Å². The first kappa shape index (κ1) is 110. The summed E-state index contributed by atoms with van der Waals surface area (Å²) in [6.45, 7) is 41.3. The van der Waals surface area contributed by atoms with E-state index in [1.165, 1.54) is 110 Å². The molecule has 0 aromatic rings. The Morgan fingerprint density at radius 3 is 1.01 bits per heavy atom. The molecule has 88 heavy (non-hydrogen) atoms. The Labute approximate surface area is 705 Å². The second-order valence-electron chi connectivity index (χ2n) is 19.3. The van der Waals surface area contributed by atoms with Crippen LogP contribution in [0.2, 0.25) is 0 Å². The molecule has 0 bridgehead atoms. The molecular formula is C48H88O16S16V8-8. The number of rotatable bonds is 32. The average Bonchev–Trinajstić information content (AvgIpc) is 3.59. The molecule has 0 aromatic carbocycles. The van der Waals surface area contributed by atoms with Crippen LogP contribution in [0.3, 0.4) is 0 Å². The van der Waals surface area contributed by atoms with Crippen LogP contribution >= 0.6 is 153 Å². The summed E-state index contributed by atoms with van der Waals surface area (Å²) in [7, 11) is 16.9. The first-order chi connectivity index (χ1) is 40.2. The van der Waals surface area contributed by atoms with Crippen molar-refractivity contribution in [2.24, 2.45) is 0 Å². The van der Waals surface area contributed by atoms with Crippen LogP contribution in [-0.4, -0.2) is 155 Å². The van der Waals surface area contributed by atoms with Crippen LogP contribution in [0.4, 0.5) is 0 Å². The minimum absolute atomic E-state index is 0. The van der Waals surface area contributed by atoms with E-state index in [1.54, 1.807) is 32.4 Å². The SMILES string of the molecule is [2H]C(=O)OCC(C)(C)SS[CH2-].[2H]C(=O)OCC(C)(C)S[S-].[2H]CC(=O)OCC(C)(C)SS[CH2-].[2H]CC(=O)OCC(C)(C)S[S-].[2H]CSSC(C)(C)COC([CH2-])=O.[2H]CSSC(C)(C)CO[C-]=O.[2H]SSC(C)(C)COC([CH2-])=O.[2H]SSC(C)(C)CO[C-]=O.[V].[V].[V].[V].[V].[V].[V].[V]. The van der Waals surface area contributed by atoms with Crippen LogP contribution in [0.1, 0.15) is 133 Å². The quantitative estimate of drug-likeness (QED) is 0.0122. The van der Waals surface area contributed by atoms with Gasteiger partial charge in [-0.3, -0.25) is 76.7 Å². The second kappa shape index (κ2) is 81.7. The standard InChI is InChI=1S/2C7H13O2S2.2C6H11O2S2.C6H12O2S2.C6H11O2S2.C5H10O2S2.C5H9O2S2.8V/c2*1-6(8)9-5-7(2,3)11-10-4;2*1-6(2,10-9-3)4-8-5-7;2*1-5(7)8-4-6(2,3)10-9;2*1-5(2,9-8)3-7-4-6;;;;;;;;/h4-5H2,1-3H3;1,5H2,2-4H3;4H2,1-3H3;5H,3-4H2,1-2H3;9H,4H2,1-3H3;9H,1,4H2,2-3H3;4,8H,3H2,1-2H3;8H,3H2,1-2H3;;;;;;;;/q4*-1;;-1;;-1;;;;;;;;/p-2/i1D;4D;3D;5D;1D;;4D;;;;;;;;;/hD2. The molecule has 16 nitrogen and oxygen atoms in total. The molecule has 0 aliphatic carbocycles. The monoisotopic (exact) mass is 1850 g/mol. The first-order valence-electron chi connectivity index (χ1n) is 26.6. The molecular weight excluding hydrogens is 1750 g/mol. The van der Waals surface area contributed by atoms with Gasteiger partial charge in [-0.25, -0.2) is 0 Å². The van der Waals surface area contributed by atoms with Crippen molar-refractivity contribution in [1.82, 2.24) is 0 Å². The molecule has 0 atom stereocenters. The van der Waals surface area contributed by atoms with E-state index >= 15 is 0 Å². The number of carbonyl (C=O) groups is 6. The van der Waals surface area contributed by atoms with Crippen molar-refractivity contribution < 1.29 is 233 Å². The zero-order chi connectivity index (χ0) is 70.9. The van der Waals surface area contributed by atoms with E-state index in [9.17, 15) is 38.4 Å². The summed E-state index contributed by atoms with van der Waals surface area (Å²) in [5.41, 5.74) is 0. The Morgan fingerprint density at radius 1 is 0.466 bits per heavy atom. The summed E-state index contributed by atoms with van der Waals surface area (Å²) in [5, 5.41) is 0. The van der Waals surface area contributed by atoms with Gasteiger partial charge in [0.15, 0.2) is 14.7 Å². The minimum Gasteiger partial charge on any atom is -0.718 e. The Bertz CT molecular complexity index is 1820. The maximum Gasteiger partial charge on any atom is 0.302 e. The molecule has 0 unspecified atom stereocenters. The molecule has 0 rings (SSSR count). The maximum absolute atomic E-state index is 10.6. The summed E-state index contributed by atoms with van der Waals surface area (Å²) in [6.07, 6.45) is 5.86. The third-order valence-corrected chi connectivity index (χ3v) is 23.5. The van der Waals surface area contributed by atoms with Crippen molar-refractivity contribution in [2.75, 3.05) is 65.3 Å². The summed E-state index contributed by atoms with van der Waals surface area (Å²) in [4.78, 5) is 81.3. The van der Waals surface area contributed by atoms with E-state index in [4.69, 9.17) is 52.7 Å². The van der Waals surface area contributed by atoms with Gasteiger partial charge in [-0.05, 0) is 123 Å². The smallest absolute Gasteiger partial charge is 0.302 e. The van der Waals surface area contributed by atoms with Crippen molar-refractivity contribution >= 4 is 226 Å². The third-order valence-electron chi connectivity index (χ3n) is 6.28. The van der Waals surface area contributed by atoms with E-state index in [1.807, 2.05) is 111 Å². The zero-order valence-electron chi connectivity index (χ0n) is 60.0. The van der Waals surface area contributed by atoms with Gasteiger partial charge >= 0.3 is 11.9 Å². The summed E-state index contributed by atoms with van der Waals surface area (Å²) in [6, 6.07) is 0. The van der Waals surface area contributed by atoms with Gasteiger partial charge in [0.2, 0.25) is 0 Å². The average molecular weight is 1850 g/mol. The number of hydrogen-bond acceptors (Lipinski definition) is 32.